The fourth-order valence-electron chi connectivity index (χ4n) is 1.93. The van der Waals surface area contributed by atoms with Crippen molar-refractivity contribution in [2.24, 2.45) is 17.6 Å². The molecule has 1 unspecified atom stereocenters. The van der Waals surface area contributed by atoms with Gasteiger partial charge in [-0.25, -0.2) is 4.39 Å². The Hall–Kier alpha value is -0.890. The van der Waals surface area contributed by atoms with Gasteiger partial charge in [0.1, 0.15) is 5.82 Å². The van der Waals surface area contributed by atoms with E-state index in [-0.39, 0.29) is 5.82 Å². The second-order valence-electron chi connectivity index (χ2n) is 4.16. The molecule has 14 heavy (non-hydrogen) atoms. The molecule has 76 valence electrons. The smallest absolute Gasteiger partial charge is 0.123 e. The summed E-state index contributed by atoms with van der Waals surface area (Å²) >= 11 is 0. The van der Waals surface area contributed by atoms with Gasteiger partial charge in [-0.2, -0.15) is 0 Å². The van der Waals surface area contributed by atoms with Crippen LogP contribution < -0.4 is 5.73 Å². The molecule has 1 fully saturated rings. The zero-order chi connectivity index (χ0) is 9.97. The van der Waals surface area contributed by atoms with Gasteiger partial charge in [-0.3, -0.25) is 0 Å². The van der Waals surface area contributed by atoms with Gasteiger partial charge in [-0.1, -0.05) is 12.1 Å². The summed E-state index contributed by atoms with van der Waals surface area (Å²) in [7, 11) is 0. The van der Waals surface area contributed by atoms with Crippen LogP contribution in [0.4, 0.5) is 4.39 Å². The lowest BCUT2D eigenvalue weighted by atomic mass is 9.95. The fraction of sp³-hybridized carbons (Fsp3) is 0.500. The van der Waals surface area contributed by atoms with E-state index in [2.05, 4.69) is 0 Å². The molecular formula is C12H16FN. The van der Waals surface area contributed by atoms with Crippen molar-refractivity contribution in [3.63, 3.8) is 0 Å². The Balaban J connectivity index is 1.98. The maximum atomic E-state index is 12.7. The van der Waals surface area contributed by atoms with E-state index in [1.807, 2.05) is 12.1 Å². The molecule has 0 aromatic heterocycles. The highest BCUT2D eigenvalue weighted by Crippen LogP contribution is 2.37. The first-order chi connectivity index (χ1) is 6.79. The molecule has 2 heteroatoms. The highest BCUT2D eigenvalue weighted by Gasteiger charge is 2.29. The molecule has 0 saturated heterocycles. The van der Waals surface area contributed by atoms with Crippen LogP contribution in [0.5, 0.6) is 0 Å². The summed E-state index contributed by atoms with van der Waals surface area (Å²) in [6, 6.07) is 6.77. The monoisotopic (exact) mass is 193 g/mol. The number of benzene rings is 1. The van der Waals surface area contributed by atoms with Crippen molar-refractivity contribution in [3.05, 3.63) is 35.6 Å². The molecule has 0 bridgehead atoms. The van der Waals surface area contributed by atoms with E-state index in [4.69, 9.17) is 5.73 Å². The van der Waals surface area contributed by atoms with Gasteiger partial charge >= 0.3 is 0 Å². The predicted octanol–water partition coefficient (Wildman–Crippen LogP) is 2.35. The zero-order valence-electron chi connectivity index (χ0n) is 8.25. The molecule has 1 nitrogen and oxygen atoms in total. The molecule has 1 aliphatic carbocycles. The summed E-state index contributed by atoms with van der Waals surface area (Å²) in [6.07, 6.45) is 3.65. The van der Waals surface area contributed by atoms with Crippen molar-refractivity contribution in [2.45, 2.75) is 19.3 Å². The van der Waals surface area contributed by atoms with E-state index in [1.165, 1.54) is 30.5 Å². The molecule has 1 aromatic rings. The molecule has 0 heterocycles. The van der Waals surface area contributed by atoms with Gasteiger partial charge in [0.15, 0.2) is 0 Å². The van der Waals surface area contributed by atoms with Crippen molar-refractivity contribution < 1.29 is 4.39 Å². The molecule has 2 N–H and O–H groups in total. The first-order valence-electron chi connectivity index (χ1n) is 5.24. The summed E-state index contributed by atoms with van der Waals surface area (Å²) in [5.74, 6) is 1.26. The largest absolute Gasteiger partial charge is 0.330 e. The van der Waals surface area contributed by atoms with Crippen molar-refractivity contribution in [1.29, 1.82) is 0 Å². The van der Waals surface area contributed by atoms with Crippen LogP contribution in [0.25, 0.3) is 0 Å². The summed E-state index contributed by atoms with van der Waals surface area (Å²) in [5.41, 5.74) is 6.92. The zero-order valence-corrected chi connectivity index (χ0v) is 8.25. The first-order valence-corrected chi connectivity index (χ1v) is 5.24. The highest BCUT2D eigenvalue weighted by molar-refractivity contribution is 5.17. The molecule has 2 rings (SSSR count). The van der Waals surface area contributed by atoms with Crippen LogP contribution >= 0.6 is 0 Å². The van der Waals surface area contributed by atoms with Crippen molar-refractivity contribution in [2.75, 3.05) is 6.54 Å². The summed E-state index contributed by atoms with van der Waals surface area (Å²) in [4.78, 5) is 0. The average molecular weight is 193 g/mol. The average Bonchev–Trinajstić information content (AvgIpc) is 3.01. The van der Waals surface area contributed by atoms with Gasteiger partial charge in [0, 0.05) is 0 Å². The SMILES string of the molecule is NCC(Cc1ccc(F)cc1)C1CC1. The van der Waals surface area contributed by atoms with E-state index in [0.717, 1.165) is 18.9 Å². The van der Waals surface area contributed by atoms with Gasteiger partial charge < -0.3 is 5.73 Å². The van der Waals surface area contributed by atoms with E-state index in [0.29, 0.717) is 5.92 Å². The van der Waals surface area contributed by atoms with Crippen LogP contribution in [0.1, 0.15) is 18.4 Å². The Labute approximate surface area is 84.1 Å². The van der Waals surface area contributed by atoms with Crippen LogP contribution in [0.2, 0.25) is 0 Å². The Morgan fingerprint density at radius 2 is 1.93 bits per heavy atom. The summed E-state index contributed by atoms with van der Waals surface area (Å²) in [6.45, 7) is 0.752. The maximum Gasteiger partial charge on any atom is 0.123 e. The molecule has 0 amide bonds. The van der Waals surface area contributed by atoms with Crippen molar-refractivity contribution >= 4 is 0 Å². The van der Waals surface area contributed by atoms with Gasteiger partial charge in [0.05, 0.1) is 0 Å². The number of rotatable bonds is 4. The standard InChI is InChI=1S/C12H16FN/c13-12-5-1-9(2-6-12)7-11(8-14)10-3-4-10/h1-2,5-6,10-11H,3-4,7-8,14H2. The van der Waals surface area contributed by atoms with Crippen LogP contribution in [0, 0.1) is 17.7 Å². The van der Waals surface area contributed by atoms with Crippen LogP contribution in [-0.2, 0) is 6.42 Å². The van der Waals surface area contributed by atoms with Gasteiger partial charge in [-0.05, 0) is 55.3 Å². The third kappa shape index (κ3) is 2.32. The highest BCUT2D eigenvalue weighted by atomic mass is 19.1. The third-order valence-electron chi connectivity index (χ3n) is 3.00. The Bertz CT molecular complexity index is 290. The maximum absolute atomic E-state index is 12.7. The third-order valence-corrected chi connectivity index (χ3v) is 3.00. The van der Waals surface area contributed by atoms with Gasteiger partial charge in [-0.15, -0.1) is 0 Å². The Morgan fingerprint density at radius 3 is 2.43 bits per heavy atom. The molecule has 0 radical (unpaired) electrons. The van der Waals surface area contributed by atoms with Crippen molar-refractivity contribution in [3.8, 4) is 0 Å². The van der Waals surface area contributed by atoms with E-state index >= 15 is 0 Å². The van der Waals surface area contributed by atoms with Crippen LogP contribution in [0.3, 0.4) is 0 Å². The molecular weight excluding hydrogens is 177 g/mol. The lowest BCUT2D eigenvalue weighted by Crippen LogP contribution is -2.18. The predicted molar refractivity (Wildman–Crippen MR) is 55.4 cm³/mol. The van der Waals surface area contributed by atoms with Gasteiger partial charge in [0.2, 0.25) is 0 Å². The quantitative estimate of drug-likeness (QED) is 0.780. The molecule has 1 aliphatic rings. The minimum atomic E-state index is -0.163. The number of hydrogen-bond donors (Lipinski definition) is 1. The minimum Gasteiger partial charge on any atom is -0.330 e. The molecule has 1 atom stereocenters. The molecule has 1 saturated carbocycles. The molecule has 0 aliphatic heterocycles. The summed E-state index contributed by atoms with van der Waals surface area (Å²) in [5, 5.41) is 0. The first kappa shape index (κ1) is 9.66. The number of nitrogens with two attached hydrogens (primary N) is 1. The summed E-state index contributed by atoms with van der Waals surface area (Å²) < 4.78 is 12.7. The van der Waals surface area contributed by atoms with E-state index in [9.17, 15) is 4.39 Å². The van der Waals surface area contributed by atoms with Gasteiger partial charge in [0.25, 0.3) is 0 Å². The fourth-order valence-corrected chi connectivity index (χ4v) is 1.93. The van der Waals surface area contributed by atoms with Crippen molar-refractivity contribution in [1.82, 2.24) is 0 Å². The van der Waals surface area contributed by atoms with E-state index in [1.54, 1.807) is 0 Å². The topological polar surface area (TPSA) is 26.0 Å². The molecule has 0 spiro atoms. The normalized spacial score (nSPS) is 18.1. The lowest BCUT2D eigenvalue weighted by Gasteiger charge is -2.13. The lowest BCUT2D eigenvalue weighted by molar-refractivity contribution is 0.470. The van der Waals surface area contributed by atoms with Crippen LogP contribution in [0.15, 0.2) is 24.3 Å². The second-order valence-corrected chi connectivity index (χ2v) is 4.16. The van der Waals surface area contributed by atoms with E-state index < -0.39 is 0 Å². The number of hydrogen-bond acceptors (Lipinski definition) is 1. The molecule has 1 aromatic carbocycles. The number of halogens is 1. The Kier molecular flexibility index (Phi) is 2.82. The minimum absolute atomic E-state index is 0.163. The second kappa shape index (κ2) is 4.09. The Morgan fingerprint density at radius 1 is 1.29 bits per heavy atom. The van der Waals surface area contributed by atoms with Crippen LogP contribution in [-0.4, -0.2) is 6.54 Å².